The second-order valence-electron chi connectivity index (χ2n) is 4.53. The third-order valence-corrected chi connectivity index (χ3v) is 4.07. The zero-order valence-electron chi connectivity index (χ0n) is 11.8. The van der Waals surface area contributed by atoms with Crippen molar-refractivity contribution < 1.29 is 9.18 Å². The highest BCUT2D eigenvalue weighted by atomic mass is 32.2. The molecular formula is C15H18FN3OS. The molecule has 0 aliphatic carbocycles. The first kappa shape index (κ1) is 15.6. The van der Waals surface area contributed by atoms with Gasteiger partial charge in [0, 0.05) is 29.5 Å². The zero-order chi connectivity index (χ0) is 15.1. The molecule has 1 amide bonds. The summed E-state index contributed by atoms with van der Waals surface area (Å²) in [5.74, 6) is 1.00. The van der Waals surface area contributed by atoms with Crippen molar-refractivity contribution in [2.45, 2.75) is 30.7 Å². The SMILES string of the molecule is CCC(NC(=O)CCSc1ccccc1F)c1ncc[nH]1. The fraction of sp³-hybridized carbons (Fsp3) is 0.333. The highest BCUT2D eigenvalue weighted by Gasteiger charge is 2.14. The zero-order valence-corrected chi connectivity index (χ0v) is 12.6. The van der Waals surface area contributed by atoms with Gasteiger partial charge in [0.1, 0.15) is 11.6 Å². The monoisotopic (exact) mass is 307 g/mol. The number of nitrogens with one attached hydrogen (secondary N) is 2. The van der Waals surface area contributed by atoms with Crippen LogP contribution in [0.15, 0.2) is 41.6 Å². The number of rotatable bonds is 7. The van der Waals surface area contributed by atoms with E-state index in [1.165, 1.54) is 17.8 Å². The average Bonchev–Trinajstić information content (AvgIpc) is 3.01. The predicted molar refractivity (Wildman–Crippen MR) is 81.5 cm³/mol. The Labute approximate surface area is 127 Å². The number of carbonyl (C=O) groups excluding carboxylic acids is 1. The summed E-state index contributed by atoms with van der Waals surface area (Å²) < 4.78 is 13.4. The fourth-order valence-electron chi connectivity index (χ4n) is 1.91. The van der Waals surface area contributed by atoms with Crippen molar-refractivity contribution in [1.82, 2.24) is 15.3 Å². The molecule has 0 spiro atoms. The van der Waals surface area contributed by atoms with E-state index in [0.29, 0.717) is 17.1 Å². The lowest BCUT2D eigenvalue weighted by Gasteiger charge is -2.14. The van der Waals surface area contributed by atoms with Crippen molar-refractivity contribution in [2.75, 3.05) is 5.75 Å². The standard InChI is InChI=1S/C15H18FN3OS/c1-2-12(15-17-8-9-18-15)19-14(20)7-10-21-13-6-4-3-5-11(13)16/h3-6,8-9,12H,2,7,10H2,1H3,(H,17,18)(H,19,20). The van der Waals surface area contributed by atoms with E-state index in [1.807, 2.05) is 6.92 Å². The third-order valence-electron chi connectivity index (χ3n) is 3.02. The summed E-state index contributed by atoms with van der Waals surface area (Å²) in [7, 11) is 0. The Morgan fingerprint density at radius 3 is 2.95 bits per heavy atom. The number of halogens is 1. The molecule has 2 rings (SSSR count). The summed E-state index contributed by atoms with van der Waals surface area (Å²) in [6.07, 6.45) is 4.51. The van der Waals surface area contributed by atoms with Crippen LogP contribution in [0.1, 0.15) is 31.6 Å². The maximum Gasteiger partial charge on any atom is 0.221 e. The summed E-state index contributed by atoms with van der Waals surface area (Å²) in [6.45, 7) is 1.99. The van der Waals surface area contributed by atoms with Gasteiger partial charge in [-0.3, -0.25) is 4.79 Å². The molecule has 1 unspecified atom stereocenters. The molecule has 4 nitrogen and oxygen atoms in total. The molecule has 1 atom stereocenters. The Balaban J connectivity index is 1.78. The molecule has 0 saturated carbocycles. The van der Waals surface area contributed by atoms with Crippen LogP contribution in [-0.4, -0.2) is 21.6 Å². The van der Waals surface area contributed by atoms with Crippen LogP contribution in [0.5, 0.6) is 0 Å². The first-order valence-corrected chi connectivity index (χ1v) is 7.85. The topological polar surface area (TPSA) is 57.8 Å². The maximum atomic E-state index is 13.4. The Bertz CT molecular complexity index is 574. The number of hydrogen-bond donors (Lipinski definition) is 2. The van der Waals surface area contributed by atoms with Gasteiger partial charge in [0.15, 0.2) is 0 Å². The van der Waals surface area contributed by atoms with E-state index in [2.05, 4.69) is 15.3 Å². The van der Waals surface area contributed by atoms with Crippen LogP contribution in [0.2, 0.25) is 0 Å². The van der Waals surface area contributed by atoms with Gasteiger partial charge in [-0.25, -0.2) is 9.37 Å². The summed E-state index contributed by atoms with van der Waals surface area (Å²) >= 11 is 1.35. The Morgan fingerprint density at radius 2 is 2.29 bits per heavy atom. The van der Waals surface area contributed by atoms with Gasteiger partial charge in [-0.2, -0.15) is 0 Å². The van der Waals surface area contributed by atoms with Crippen LogP contribution in [0.25, 0.3) is 0 Å². The lowest BCUT2D eigenvalue weighted by atomic mass is 10.2. The normalized spacial score (nSPS) is 12.1. The van der Waals surface area contributed by atoms with E-state index < -0.39 is 0 Å². The van der Waals surface area contributed by atoms with Crippen LogP contribution >= 0.6 is 11.8 Å². The van der Waals surface area contributed by atoms with Gasteiger partial charge >= 0.3 is 0 Å². The van der Waals surface area contributed by atoms with Crippen molar-refractivity contribution in [1.29, 1.82) is 0 Å². The first-order valence-electron chi connectivity index (χ1n) is 6.86. The van der Waals surface area contributed by atoms with E-state index in [4.69, 9.17) is 0 Å². The van der Waals surface area contributed by atoms with Crippen molar-refractivity contribution in [3.63, 3.8) is 0 Å². The first-order chi connectivity index (χ1) is 10.2. The highest BCUT2D eigenvalue weighted by molar-refractivity contribution is 7.99. The minimum atomic E-state index is -0.245. The quantitative estimate of drug-likeness (QED) is 0.772. The van der Waals surface area contributed by atoms with E-state index in [9.17, 15) is 9.18 Å². The molecule has 2 N–H and O–H groups in total. The molecule has 112 valence electrons. The summed E-state index contributed by atoms with van der Waals surface area (Å²) in [6, 6.07) is 6.48. The summed E-state index contributed by atoms with van der Waals surface area (Å²) in [5.41, 5.74) is 0. The van der Waals surface area contributed by atoms with Gasteiger partial charge in [-0.15, -0.1) is 11.8 Å². The molecule has 2 aromatic rings. The second-order valence-corrected chi connectivity index (χ2v) is 5.67. The van der Waals surface area contributed by atoms with Crippen LogP contribution in [0.3, 0.4) is 0 Å². The minimum Gasteiger partial charge on any atom is -0.347 e. The minimum absolute atomic E-state index is 0.0536. The molecule has 1 heterocycles. The molecule has 1 aromatic heterocycles. The molecule has 0 radical (unpaired) electrons. The van der Waals surface area contributed by atoms with Crippen LogP contribution in [0, 0.1) is 5.82 Å². The fourth-order valence-corrected chi connectivity index (χ4v) is 2.80. The predicted octanol–water partition coefficient (Wildman–Crippen LogP) is 3.30. The van der Waals surface area contributed by atoms with Crippen molar-refractivity contribution in [2.24, 2.45) is 0 Å². The lowest BCUT2D eigenvalue weighted by molar-refractivity contribution is -0.121. The number of thioether (sulfide) groups is 1. The van der Waals surface area contributed by atoms with E-state index in [1.54, 1.807) is 30.6 Å². The van der Waals surface area contributed by atoms with Gasteiger partial charge in [0.25, 0.3) is 0 Å². The van der Waals surface area contributed by atoms with Crippen molar-refractivity contribution in [3.05, 3.63) is 48.3 Å². The van der Waals surface area contributed by atoms with E-state index in [0.717, 1.165) is 12.2 Å². The largest absolute Gasteiger partial charge is 0.347 e. The highest BCUT2D eigenvalue weighted by Crippen LogP contribution is 2.22. The molecular weight excluding hydrogens is 289 g/mol. The number of hydrogen-bond acceptors (Lipinski definition) is 3. The number of aromatic amines is 1. The number of aromatic nitrogens is 2. The Kier molecular flexibility index (Phi) is 5.80. The number of carbonyl (C=O) groups is 1. The van der Waals surface area contributed by atoms with E-state index in [-0.39, 0.29) is 17.8 Å². The molecule has 0 bridgehead atoms. The van der Waals surface area contributed by atoms with Crippen molar-refractivity contribution in [3.8, 4) is 0 Å². The van der Waals surface area contributed by atoms with Gasteiger partial charge in [-0.05, 0) is 18.6 Å². The van der Waals surface area contributed by atoms with E-state index >= 15 is 0 Å². The van der Waals surface area contributed by atoms with Crippen LogP contribution in [-0.2, 0) is 4.79 Å². The van der Waals surface area contributed by atoms with Gasteiger partial charge in [-0.1, -0.05) is 19.1 Å². The lowest BCUT2D eigenvalue weighted by Crippen LogP contribution is -2.29. The van der Waals surface area contributed by atoms with Gasteiger partial charge in [0.2, 0.25) is 5.91 Å². The number of imidazole rings is 1. The maximum absolute atomic E-state index is 13.4. The Morgan fingerprint density at radius 1 is 1.48 bits per heavy atom. The smallest absolute Gasteiger partial charge is 0.221 e. The number of nitrogens with zero attached hydrogens (tertiary/aromatic N) is 1. The van der Waals surface area contributed by atoms with Crippen LogP contribution < -0.4 is 5.32 Å². The molecule has 0 saturated heterocycles. The third kappa shape index (κ3) is 4.60. The average molecular weight is 307 g/mol. The molecule has 21 heavy (non-hydrogen) atoms. The number of benzene rings is 1. The Hall–Kier alpha value is -1.82. The molecule has 0 aliphatic heterocycles. The number of amides is 1. The van der Waals surface area contributed by atoms with Crippen LogP contribution in [0.4, 0.5) is 4.39 Å². The van der Waals surface area contributed by atoms with Crippen molar-refractivity contribution >= 4 is 17.7 Å². The molecule has 1 aromatic carbocycles. The second kappa shape index (κ2) is 7.83. The molecule has 0 fully saturated rings. The molecule has 0 aliphatic rings. The summed E-state index contributed by atoms with van der Waals surface area (Å²) in [4.78, 5) is 19.7. The molecule has 6 heteroatoms. The van der Waals surface area contributed by atoms with Gasteiger partial charge < -0.3 is 10.3 Å². The van der Waals surface area contributed by atoms with Gasteiger partial charge in [0.05, 0.1) is 6.04 Å². The number of H-pyrrole nitrogens is 1. The summed E-state index contributed by atoms with van der Waals surface area (Å²) in [5, 5.41) is 2.93.